The molecule has 0 radical (unpaired) electrons. The summed E-state index contributed by atoms with van der Waals surface area (Å²) in [6.45, 7) is 1.68. The molecule has 2 aromatic carbocycles. The standard InChI is InChI=1S/C22H17F3N4O2/c1-13(21(24)25)31-20-7-2-14(9-26)8-18(20)22(30)28-10-15-11-29(27-19(15)12-28)17-5-3-16(23)4-6-17/h2-8,11,13,21H,10,12H2,1H3. The van der Waals surface area contributed by atoms with E-state index in [0.29, 0.717) is 11.4 Å². The van der Waals surface area contributed by atoms with E-state index in [1.54, 1.807) is 23.0 Å². The molecule has 1 aliphatic rings. The van der Waals surface area contributed by atoms with Crippen molar-refractivity contribution >= 4 is 5.91 Å². The number of hydrogen-bond donors (Lipinski definition) is 0. The lowest BCUT2D eigenvalue weighted by atomic mass is 10.1. The normalized spacial score (nSPS) is 13.7. The molecule has 0 spiro atoms. The Morgan fingerprint density at radius 3 is 2.58 bits per heavy atom. The molecule has 0 N–H and O–H groups in total. The number of fused-ring (bicyclic) bond motifs is 1. The maximum absolute atomic E-state index is 13.1. The molecule has 2 heterocycles. The van der Waals surface area contributed by atoms with Crippen molar-refractivity contribution in [1.82, 2.24) is 14.7 Å². The van der Waals surface area contributed by atoms with E-state index < -0.39 is 18.4 Å². The first-order chi connectivity index (χ1) is 14.9. The topological polar surface area (TPSA) is 71.2 Å². The third-order valence-electron chi connectivity index (χ3n) is 4.96. The van der Waals surface area contributed by atoms with Crippen LogP contribution in [0.1, 0.15) is 34.1 Å². The first-order valence-electron chi connectivity index (χ1n) is 9.47. The predicted molar refractivity (Wildman–Crippen MR) is 104 cm³/mol. The van der Waals surface area contributed by atoms with Gasteiger partial charge in [-0.05, 0) is 49.4 Å². The Hall–Kier alpha value is -3.80. The summed E-state index contributed by atoms with van der Waals surface area (Å²) in [5, 5.41) is 13.6. The van der Waals surface area contributed by atoms with Crippen molar-refractivity contribution < 1.29 is 22.7 Å². The summed E-state index contributed by atoms with van der Waals surface area (Å²) in [5.74, 6) is -0.795. The van der Waals surface area contributed by atoms with Gasteiger partial charge in [-0.1, -0.05) is 0 Å². The van der Waals surface area contributed by atoms with Crippen molar-refractivity contribution in [1.29, 1.82) is 5.26 Å². The Kier molecular flexibility index (Phi) is 5.38. The van der Waals surface area contributed by atoms with Crippen LogP contribution in [0.3, 0.4) is 0 Å². The molecule has 31 heavy (non-hydrogen) atoms. The van der Waals surface area contributed by atoms with E-state index in [2.05, 4.69) is 5.10 Å². The zero-order valence-electron chi connectivity index (χ0n) is 16.4. The van der Waals surface area contributed by atoms with Gasteiger partial charge in [0.2, 0.25) is 0 Å². The molecule has 1 aromatic heterocycles. The first-order valence-corrected chi connectivity index (χ1v) is 9.47. The second-order valence-corrected chi connectivity index (χ2v) is 7.16. The maximum atomic E-state index is 13.1. The lowest BCUT2D eigenvalue weighted by Crippen LogP contribution is -2.28. The summed E-state index contributed by atoms with van der Waals surface area (Å²) in [5.41, 5.74) is 2.45. The summed E-state index contributed by atoms with van der Waals surface area (Å²) in [4.78, 5) is 14.6. The number of ether oxygens (including phenoxy) is 1. The number of amides is 1. The first kappa shape index (κ1) is 20.5. The number of nitrogens with zero attached hydrogens (tertiary/aromatic N) is 4. The molecule has 1 aliphatic heterocycles. The smallest absolute Gasteiger partial charge is 0.274 e. The van der Waals surface area contributed by atoms with Gasteiger partial charge >= 0.3 is 0 Å². The van der Waals surface area contributed by atoms with E-state index in [9.17, 15) is 18.0 Å². The number of carbonyl (C=O) groups excluding carboxylic acids is 1. The number of nitriles is 1. The van der Waals surface area contributed by atoms with Crippen molar-refractivity contribution in [3.63, 3.8) is 0 Å². The van der Waals surface area contributed by atoms with Gasteiger partial charge in [0, 0.05) is 18.3 Å². The Morgan fingerprint density at radius 2 is 1.94 bits per heavy atom. The van der Waals surface area contributed by atoms with Crippen LogP contribution in [-0.4, -0.2) is 33.1 Å². The van der Waals surface area contributed by atoms with Gasteiger partial charge in [0.1, 0.15) is 11.6 Å². The minimum atomic E-state index is -2.72. The Balaban J connectivity index is 1.56. The monoisotopic (exact) mass is 426 g/mol. The fourth-order valence-electron chi connectivity index (χ4n) is 3.31. The van der Waals surface area contributed by atoms with Crippen molar-refractivity contribution in [2.24, 2.45) is 0 Å². The second kappa shape index (κ2) is 8.14. The number of aromatic nitrogens is 2. The van der Waals surface area contributed by atoms with E-state index in [-0.39, 0.29) is 35.8 Å². The van der Waals surface area contributed by atoms with Crippen LogP contribution in [0.2, 0.25) is 0 Å². The van der Waals surface area contributed by atoms with E-state index in [4.69, 9.17) is 10.00 Å². The molecule has 4 rings (SSSR count). The quantitative estimate of drug-likeness (QED) is 0.617. The zero-order valence-corrected chi connectivity index (χ0v) is 16.4. The highest BCUT2D eigenvalue weighted by molar-refractivity contribution is 5.97. The largest absolute Gasteiger partial charge is 0.484 e. The van der Waals surface area contributed by atoms with Crippen LogP contribution >= 0.6 is 0 Å². The van der Waals surface area contributed by atoms with Crippen molar-refractivity contribution in [3.05, 3.63) is 76.9 Å². The van der Waals surface area contributed by atoms with Gasteiger partial charge in [-0.3, -0.25) is 4.79 Å². The van der Waals surface area contributed by atoms with Gasteiger partial charge in [0.15, 0.2) is 6.10 Å². The SMILES string of the molecule is CC(Oc1ccc(C#N)cc1C(=O)N1Cc2cn(-c3ccc(F)cc3)nc2C1)C(F)F. The Labute approximate surface area is 176 Å². The minimum absolute atomic E-state index is 0.00211. The Morgan fingerprint density at radius 1 is 1.19 bits per heavy atom. The average Bonchev–Trinajstić information content (AvgIpc) is 3.33. The zero-order chi connectivity index (χ0) is 22.1. The van der Waals surface area contributed by atoms with Crippen molar-refractivity contribution in [2.45, 2.75) is 32.5 Å². The van der Waals surface area contributed by atoms with Crippen molar-refractivity contribution in [2.75, 3.05) is 0 Å². The molecule has 0 saturated heterocycles. The van der Waals surface area contributed by atoms with Gasteiger partial charge in [-0.25, -0.2) is 17.9 Å². The molecule has 3 aromatic rings. The molecule has 1 unspecified atom stereocenters. The van der Waals surface area contributed by atoms with E-state index in [0.717, 1.165) is 5.56 Å². The Bertz CT molecular complexity index is 1140. The third-order valence-corrected chi connectivity index (χ3v) is 4.96. The van der Waals surface area contributed by atoms with Gasteiger partial charge in [0.05, 0.1) is 35.1 Å². The molecule has 0 aliphatic carbocycles. The summed E-state index contributed by atoms with van der Waals surface area (Å²) in [6.07, 6.45) is -2.37. The van der Waals surface area contributed by atoms with Gasteiger partial charge < -0.3 is 9.64 Å². The number of benzene rings is 2. The van der Waals surface area contributed by atoms with E-state index >= 15 is 0 Å². The summed E-state index contributed by atoms with van der Waals surface area (Å²) >= 11 is 0. The highest BCUT2D eigenvalue weighted by Gasteiger charge is 2.30. The maximum Gasteiger partial charge on any atom is 0.274 e. The number of carbonyl (C=O) groups is 1. The van der Waals surface area contributed by atoms with Crippen molar-refractivity contribution in [3.8, 4) is 17.5 Å². The minimum Gasteiger partial charge on any atom is -0.484 e. The summed E-state index contributed by atoms with van der Waals surface area (Å²) in [6, 6.07) is 11.9. The fraction of sp³-hybridized carbons (Fsp3) is 0.227. The van der Waals surface area contributed by atoms with Gasteiger partial charge in [0.25, 0.3) is 12.3 Å². The van der Waals surface area contributed by atoms with Crippen LogP contribution in [-0.2, 0) is 13.1 Å². The number of hydrogen-bond acceptors (Lipinski definition) is 4. The molecule has 1 atom stereocenters. The molecule has 6 nitrogen and oxygen atoms in total. The molecule has 0 bridgehead atoms. The van der Waals surface area contributed by atoms with Crippen LogP contribution < -0.4 is 4.74 Å². The molecule has 158 valence electrons. The molecule has 0 fully saturated rings. The number of halogens is 3. The highest BCUT2D eigenvalue weighted by atomic mass is 19.3. The van der Waals surface area contributed by atoms with Crippen LogP contribution in [0.25, 0.3) is 5.69 Å². The number of rotatable bonds is 5. The van der Waals surface area contributed by atoms with Crippen LogP contribution in [0.4, 0.5) is 13.2 Å². The van der Waals surface area contributed by atoms with E-state index in [1.807, 2.05) is 6.07 Å². The van der Waals surface area contributed by atoms with Gasteiger partial charge in [-0.2, -0.15) is 10.4 Å². The molecule has 1 amide bonds. The lowest BCUT2D eigenvalue weighted by molar-refractivity contribution is 0.0217. The molecular formula is C22H17F3N4O2. The van der Waals surface area contributed by atoms with Gasteiger partial charge in [-0.15, -0.1) is 0 Å². The van der Waals surface area contributed by atoms with E-state index in [1.165, 1.54) is 42.2 Å². The third kappa shape index (κ3) is 4.10. The second-order valence-electron chi connectivity index (χ2n) is 7.16. The molecule has 0 saturated carbocycles. The molecular weight excluding hydrogens is 409 g/mol. The number of alkyl halides is 2. The predicted octanol–water partition coefficient (Wildman–Crippen LogP) is 4.07. The molecule has 9 heteroatoms. The van der Waals surface area contributed by atoms with Crippen LogP contribution in [0.15, 0.2) is 48.7 Å². The van der Waals surface area contributed by atoms with Crippen LogP contribution in [0, 0.1) is 17.1 Å². The average molecular weight is 426 g/mol. The lowest BCUT2D eigenvalue weighted by Gasteiger charge is -2.20. The highest BCUT2D eigenvalue weighted by Crippen LogP contribution is 2.29. The van der Waals surface area contributed by atoms with Crippen LogP contribution in [0.5, 0.6) is 5.75 Å². The summed E-state index contributed by atoms with van der Waals surface area (Å²) in [7, 11) is 0. The fourth-order valence-corrected chi connectivity index (χ4v) is 3.31. The summed E-state index contributed by atoms with van der Waals surface area (Å²) < 4.78 is 45.9.